The molecule has 6 rings (SSSR count). The van der Waals surface area contributed by atoms with Crippen LogP contribution in [-0.4, -0.2) is 48.1 Å². The maximum absolute atomic E-state index is 3.00. The molecule has 0 spiro atoms. The molecule has 0 radical (unpaired) electrons. The highest BCUT2D eigenvalue weighted by Gasteiger charge is 2.41. The van der Waals surface area contributed by atoms with Crippen LogP contribution in [0.3, 0.4) is 0 Å². The predicted molar refractivity (Wildman–Crippen MR) is 135 cm³/mol. The second-order valence-electron chi connectivity index (χ2n) is 13.2. The van der Waals surface area contributed by atoms with E-state index in [2.05, 4.69) is 9.80 Å². The van der Waals surface area contributed by atoms with E-state index in [1.165, 1.54) is 103 Å². The smallest absolute Gasteiger partial charge is 0.0126 e. The topological polar surface area (TPSA) is 6.48 Å². The summed E-state index contributed by atoms with van der Waals surface area (Å²) in [5, 5.41) is 0. The number of hydrogen-bond acceptors (Lipinski definition) is 2. The second-order valence-corrected chi connectivity index (χ2v) is 13.2. The predicted octanol–water partition coefficient (Wildman–Crippen LogP) is 7.13. The highest BCUT2D eigenvalue weighted by Crippen LogP contribution is 2.46. The van der Waals surface area contributed by atoms with Crippen LogP contribution in [0.4, 0.5) is 0 Å². The highest BCUT2D eigenvalue weighted by atomic mass is 15.2. The van der Waals surface area contributed by atoms with Gasteiger partial charge in [0.25, 0.3) is 0 Å². The number of nitrogens with zero attached hydrogens (tertiary/aromatic N) is 2. The Morgan fingerprint density at radius 2 is 0.688 bits per heavy atom. The van der Waals surface area contributed by atoms with Gasteiger partial charge in [-0.05, 0) is 113 Å². The van der Waals surface area contributed by atoms with Crippen molar-refractivity contribution in [2.45, 2.75) is 128 Å². The quantitative estimate of drug-likeness (QED) is 0.460. The van der Waals surface area contributed by atoms with Crippen molar-refractivity contribution >= 4 is 0 Å². The standard InChI is InChI=1S/C30H52N2/c1-3-11-27-25(7-1)9-5-13-29(27)31-19-15-23(16-20-31)24-17-21-32(22-18-24)30-14-6-10-26-8-2-4-12-28(26)30/h23-30H,1-22H2. The summed E-state index contributed by atoms with van der Waals surface area (Å²) in [6.07, 6.45) is 27.6. The van der Waals surface area contributed by atoms with Gasteiger partial charge in [0.2, 0.25) is 0 Å². The Labute approximate surface area is 199 Å². The molecule has 182 valence electrons. The molecule has 6 fully saturated rings. The molecule has 0 aromatic carbocycles. The van der Waals surface area contributed by atoms with Crippen LogP contribution in [0.1, 0.15) is 116 Å². The zero-order chi connectivity index (χ0) is 21.3. The lowest BCUT2D eigenvalue weighted by Crippen LogP contribution is -2.52. The van der Waals surface area contributed by atoms with Crippen molar-refractivity contribution in [1.29, 1.82) is 0 Å². The maximum atomic E-state index is 3.00. The summed E-state index contributed by atoms with van der Waals surface area (Å²) in [6.45, 7) is 5.74. The first kappa shape index (κ1) is 22.4. The van der Waals surface area contributed by atoms with Crippen LogP contribution in [0.2, 0.25) is 0 Å². The van der Waals surface area contributed by atoms with Crippen molar-refractivity contribution < 1.29 is 0 Å². The number of hydrogen-bond donors (Lipinski definition) is 0. The Kier molecular flexibility index (Phi) is 7.18. The zero-order valence-corrected chi connectivity index (χ0v) is 21.1. The molecule has 2 nitrogen and oxygen atoms in total. The Bertz CT molecular complexity index is 532. The summed E-state index contributed by atoms with van der Waals surface area (Å²) in [6, 6.07) is 1.93. The van der Waals surface area contributed by atoms with Crippen molar-refractivity contribution in [3.05, 3.63) is 0 Å². The normalized spacial score (nSPS) is 43.5. The lowest BCUT2D eigenvalue weighted by Gasteiger charge is -2.50. The van der Waals surface area contributed by atoms with E-state index in [9.17, 15) is 0 Å². The molecule has 32 heavy (non-hydrogen) atoms. The van der Waals surface area contributed by atoms with Crippen molar-refractivity contribution in [3.8, 4) is 0 Å². The molecule has 2 heteroatoms. The van der Waals surface area contributed by atoms with Crippen molar-refractivity contribution in [2.24, 2.45) is 35.5 Å². The lowest BCUT2D eigenvalue weighted by molar-refractivity contribution is -0.00600. The summed E-state index contributed by atoms with van der Waals surface area (Å²) < 4.78 is 0. The van der Waals surface area contributed by atoms with Crippen LogP contribution < -0.4 is 0 Å². The molecule has 2 saturated heterocycles. The molecule has 4 aliphatic carbocycles. The summed E-state index contributed by atoms with van der Waals surface area (Å²) in [5.74, 6) is 6.41. The van der Waals surface area contributed by atoms with Gasteiger partial charge in [0.1, 0.15) is 0 Å². The molecule has 0 N–H and O–H groups in total. The average Bonchev–Trinajstić information content (AvgIpc) is 2.88. The minimum absolute atomic E-state index is 0.964. The van der Waals surface area contributed by atoms with Gasteiger partial charge in [-0.15, -0.1) is 0 Å². The third-order valence-corrected chi connectivity index (χ3v) is 11.8. The van der Waals surface area contributed by atoms with E-state index in [1.807, 2.05) is 0 Å². The highest BCUT2D eigenvalue weighted by molar-refractivity contribution is 4.95. The summed E-state index contributed by atoms with van der Waals surface area (Å²) in [4.78, 5) is 6.00. The number of fused-ring (bicyclic) bond motifs is 2. The summed E-state index contributed by atoms with van der Waals surface area (Å²) in [7, 11) is 0. The van der Waals surface area contributed by atoms with Gasteiger partial charge in [0, 0.05) is 12.1 Å². The van der Waals surface area contributed by atoms with Gasteiger partial charge < -0.3 is 9.80 Å². The molecule has 0 aromatic rings. The Balaban J connectivity index is 0.986. The van der Waals surface area contributed by atoms with E-state index >= 15 is 0 Å². The van der Waals surface area contributed by atoms with Gasteiger partial charge in [-0.1, -0.05) is 64.2 Å². The SMILES string of the molecule is C1CCC2C(C1)CCCC2N1CCC(C2CCN(C3CCCC4CCCCC43)CC2)CC1. The number of rotatable bonds is 3. The Hall–Kier alpha value is -0.0800. The lowest BCUT2D eigenvalue weighted by atomic mass is 9.67. The fourth-order valence-electron chi connectivity index (χ4n) is 10.2. The van der Waals surface area contributed by atoms with Gasteiger partial charge in [-0.25, -0.2) is 0 Å². The summed E-state index contributed by atoms with van der Waals surface area (Å²) in [5.41, 5.74) is 0. The van der Waals surface area contributed by atoms with E-state index in [0.717, 1.165) is 47.6 Å². The first-order chi connectivity index (χ1) is 15.9. The first-order valence-electron chi connectivity index (χ1n) is 15.3. The monoisotopic (exact) mass is 440 g/mol. The third kappa shape index (κ3) is 4.58. The molecule has 6 atom stereocenters. The fourth-order valence-corrected chi connectivity index (χ4v) is 10.2. The molecule has 2 aliphatic heterocycles. The van der Waals surface area contributed by atoms with Crippen LogP contribution in [0.15, 0.2) is 0 Å². The maximum Gasteiger partial charge on any atom is 0.0126 e. The van der Waals surface area contributed by atoms with E-state index in [4.69, 9.17) is 0 Å². The van der Waals surface area contributed by atoms with Gasteiger partial charge in [-0.2, -0.15) is 0 Å². The summed E-state index contributed by atoms with van der Waals surface area (Å²) >= 11 is 0. The minimum atomic E-state index is 0.964. The first-order valence-corrected chi connectivity index (χ1v) is 15.3. The minimum Gasteiger partial charge on any atom is -0.300 e. The third-order valence-electron chi connectivity index (χ3n) is 11.8. The van der Waals surface area contributed by atoms with Crippen molar-refractivity contribution in [1.82, 2.24) is 9.80 Å². The van der Waals surface area contributed by atoms with E-state index in [-0.39, 0.29) is 0 Å². The fraction of sp³-hybridized carbons (Fsp3) is 1.00. The van der Waals surface area contributed by atoms with E-state index in [1.54, 1.807) is 38.5 Å². The Morgan fingerprint density at radius 3 is 1.12 bits per heavy atom. The van der Waals surface area contributed by atoms with Crippen LogP contribution in [0.25, 0.3) is 0 Å². The molecule has 0 aromatic heterocycles. The second kappa shape index (κ2) is 10.3. The Morgan fingerprint density at radius 1 is 0.312 bits per heavy atom. The molecule has 6 aliphatic rings. The zero-order valence-electron chi connectivity index (χ0n) is 21.1. The largest absolute Gasteiger partial charge is 0.300 e. The molecule has 0 bridgehead atoms. The van der Waals surface area contributed by atoms with Crippen LogP contribution in [-0.2, 0) is 0 Å². The number of likely N-dealkylation sites (tertiary alicyclic amines) is 2. The molecular formula is C30H52N2. The van der Waals surface area contributed by atoms with Gasteiger partial charge in [-0.3, -0.25) is 0 Å². The molecular weight excluding hydrogens is 388 g/mol. The molecule has 6 unspecified atom stereocenters. The van der Waals surface area contributed by atoms with E-state index in [0.29, 0.717) is 0 Å². The van der Waals surface area contributed by atoms with Gasteiger partial charge in [0.15, 0.2) is 0 Å². The molecule has 4 saturated carbocycles. The van der Waals surface area contributed by atoms with Crippen LogP contribution in [0.5, 0.6) is 0 Å². The number of piperidine rings is 2. The van der Waals surface area contributed by atoms with E-state index < -0.39 is 0 Å². The average molecular weight is 441 g/mol. The van der Waals surface area contributed by atoms with Crippen LogP contribution >= 0.6 is 0 Å². The van der Waals surface area contributed by atoms with Gasteiger partial charge in [0.05, 0.1) is 0 Å². The molecule has 0 amide bonds. The van der Waals surface area contributed by atoms with Crippen LogP contribution in [0, 0.1) is 35.5 Å². The molecule has 2 heterocycles. The van der Waals surface area contributed by atoms with Crippen molar-refractivity contribution in [3.63, 3.8) is 0 Å². The van der Waals surface area contributed by atoms with Gasteiger partial charge >= 0.3 is 0 Å². The van der Waals surface area contributed by atoms with Crippen molar-refractivity contribution in [2.75, 3.05) is 26.2 Å².